The number of para-hydroxylation sites is 6. The van der Waals surface area contributed by atoms with Gasteiger partial charge in [-0.15, -0.1) is 68.0 Å². The van der Waals surface area contributed by atoms with Crippen molar-refractivity contribution in [3.8, 4) is 34.5 Å². The van der Waals surface area contributed by atoms with Gasteiger partial charge in [0, 0.05) is 0 Å². The first-order valence-electron chi connectivity index (χ1n) is 14.3. The van der Waals surface area contributed by atoms with Crippen molar-refractivity contribution in [2.24, 2.45) is 0 Å². The lowest BCUT2D eigenvalue weighted by Crippen LogP contribution is -1.71. The number of fused-ring (bicyclic) bond motifs is 12. The van der Waals surface area contributed by atoms with Gasteiger partial charge >= 0.3 is 0 Å². The van der Waals surface area contributed by atoms with E-state index in [1.54, 1.807) is 109 Å². The Labute approximate surface area is 296 Å². The molecule has 7 aromatic rings. The summed E-state index contributed by atoms with van der Waals surface area (Å²) in [5.74, 6) is 0.0448. The van der Waals surface area contributed by atoms with E-state index in [2.05, 4.69) is 0 Å². The van der Waals surface area contributed by atoms with Crippen molar-refractivity contribution in [3.63, 3.8) is 0 Å². The lowest BCUT2D eigenvalue weighted by atomic mass is 10.3. The summed E-state index contributed by atoms with van der Waals surface area (Å²) in [6.45, 7) is 0. The molecule has 240 valence electrons. The Morgan fingerprint density at radius 1 is 0.208 bits per heavy atom. The van der Waals surface area contributed by atoms with Gasteiger partial charge in [0.1, 0.15) is 34.5 Å². The first kappa shape index (κ1) is 32.0. The zero-order valence-corrected chi connectivity index (χ0v) is 29.4. The first-order valence-corrected chi connectivity index (χ1v) is 19.2. The average molecular weight is 745 g/mol. The number of hydrogen-bond donors (Lipinski definition) is 6. The molecule has 1 heterocycles. The second-order valence-corrected chi connectivity index (χ2v) is 16.7. The number of benzene rings is 6. The molecule has 0 saturated heterocycles. The topological polar surface area (TPSA) is 121 Å². The van der Waals surface area contributed by atoms with E-state index in [1.165, 1.54) is 68.0 Å². The minimum atomic E-state index is 0.00747. The highest BCUT2D eigenvalue weighted by Crippen LogP contribution is 2.42. The number of phenols is 6. The summed E-state index contributed by atoms with van der Waals surface area (Å²) in [5.41, 5.74) is 0. The van der Waals surface area contributed by atoms with Crippen LogP contribution in [0.15, 0.2) is 109 Å². The number of hydrogen-bond acceptors (Lipinski definition) is 12. The van der Waals surface area contributed by atoms with E-state index in [0.29, 0.717) is 56.4 Å². The summed E-state index contributed by atoms with van der Waals surface area (Å²) in [4.78, 5) is 0. The molecule has 6 N–H and O–H groups in total. The number of aromatic hydroxyl groups is 6. The Morgan fingerprint density at radius 2 is 0.312 bits per heavy atom. The number of rotatable bonds is 0. The van der Waals surface area contributed by atoms with Crippen LogP contribution in [0.5, 0.6) is 34.5 Å². The molecule has 0 fully saturated rings. The third-order valence-electron chi connectivity index (χ3n) is 7.09. The summed E-state index contributed by atoms with van der Waals surface area (Å²) in [5, 5.41) is 67.7. The van der Waals surface area contributed by atoms with Gasteiger partial charge in [-0.3, -0.25) is 0 Å². The molecule has 12 bridgehead atoms. The fraction of sp³-hybridized carbons (Fsp3) is 0. The van der Waals surface area contributed by atoms with Gasteiger partial charge in [-0.05, 0) is 72.8 Å². The molecule has 0 unspecified atom stereocenters. The van der Waals surface area contributed by atoms with Crippen LogP contribution >= 0.6 is 68.0 Å². The predicted molar refractivity (Wildman–Crippen MR) is 208 cm³/mol. The van der Waals surface area contributed by atoms with Gasteiger partial charge in [-0.1, -0.05) is 36.4 Å². The zero-order chi connectivity index (χ0) is 33.4. The van der Waals surface area contributed by atoms with E-state index < -0.39 is 0 Å². The Hall–Kier alpha value is -4.56. The highest BCUT2D eigenvalue weighted by Gasteiger charge is 2.08. The molecule has 0 spiro atoms. The molecule has 0 aliphatic carbocycles. The number of phenolic OH excluding ortho intramolecular Hbond substituents is 6. The summed E-state index contributed by atoms with van der Waals surface area (Å²) >= 11 is 7.21. The summed E-state index contributed by atoms with van der Waals surface area (Å²) in [7, 11) is 0. The third kappa shape index (κ3) is 6.33. The minimum absolute atomic E-state index is 0.00747. The van der Waals surface area contributed by atoms with Crippen molar-refractivity contribution >= 4 is 124 Å². The van der Waals surface area contributed by atoms with Crippen molar-refractivity contribution in [1.29, 1.82) is 0 Å². The fourth-order valence-corrected chi connectivity index (χ4v) is 10.8. The summed E-state index contributed by atoms with van der Waals surface area (Å²) < 4.78 is 6.16. The molecule has 6 nitrogen and oxygen atoms in total. The van der Waals surface area contributed by atoms with Crippen molar-refractivity contribution in [2.45, 2.75) is 0 Å². The van der Waals surface area contributed by atoms with Crippen molar-refractivity contribution < 1.29 is 30.6 Å². The Kier molecular flexibility index (Phi) is 9.01. The van der Waals surface area contributed by atoms with Crippen LogP contribution in [0.25, 0.3) is 56.4 Å². The van der Waals surface area contributed by atoms with Gasteiger partial charge in [0.05, 0.1) is 56.4 Å². The van der Waals surface area contributed by atoms with Crippen molar-refractivity contribution in [3.05, 3.63) is 109 Å². The third-order valence-corrected chi connectivity index (χ3v) is 13.7. The van der Waals surface area contributed by atoms with Gasteiger partial charge in [-0.2, -0.15) is 0 Å². The molecule has 0 atom stereocenters. The molecule has 1 aromatic heterocycles. The highest BCUT2D eigenvalue weighted by molar-refractivity contribution is 7.28. The van der Waals surface area contributed by atoms with Crippen LogP contribution in [-0.2, 0) is 0 Å². The normalized spacial score (nSPS) is 11.0. The maximum absolute atomic E-state index is 11.3. The van der Waals surface area contributed by atoms with Crippen LogP contribution in [-0.4, -0.2) is 30.6 Å². The fourth-order valence-electron chi connectivity index (χ4n) is 4.71. The molecule has 7 rings (SSSR count). The smallest absolute Gasteiger partial charge is 0.149 e. The first-order chi connectivity index (χ1) is 23.3. The van der Waals surface area contributed by atoms with Crippen LogP contribution in [0, 0.1) is 0 Å². The van der Waals surface area contributed by atoms with Crippen molar-refractivity contribution in [2.75, 3.05) is 0 Å². The van der Waals surface area contributed by atoms with E-state index in [-0.39, 0.29) is 34.5 Å². The molecule has 0 aliphatic heterocycles. The zero-order valence-electron chi connectivity index (χ0n) is 24.5. The van der Waals surface area contributed by atoms with E-state index >= 15 is 0 Å². The molecule has 0 saturated carbocycles. The SMILES string of the molecule is Oc1c2cccc1sc1cccc(sc3cccc(sc4cccc(sc5cccc(sc6cccc(s2)c6O)c5O)c4O)c3O)c1O. The van der Waals surface area contributed by atoms with E-state index in [1.807, 2.05) is 0 Å². The van der Waals surface area contributed by atoms with E-state index in [4.69, 9.17) is 0 Å². The van der Waals surface area contributed by atoms with Crippen molar-refractivity contribution in [1.82, 2.24) is 0 Å². The van der Waals surface area contributed by atoms with Gasteiger partial charge < -0.3 is 30.6 Å². The standard InChI is InChI=1S/C36H24O6S6/c37-31-19-7-1-8-20(31)44-22-10-3-12-24(33(22)39)46-26-14-5-16-28(35(26)41)48-30-18-6-17-29(36(30)42)47-27-15-4-13-25(34(27)40)45-23-11-2-9-21(43-19)32(23)38/h1-18,37-42H. The molecular formula is C36H24O6S6. The Balaban J connectivity index is 1.64. The van der Waals surface area contributed by atoms with Crippen LogP contribution in [0.4, 0.5) is 0 Å². The highest BCUT2D eigenvalue weighted by atomic mass is 32.1. The molecule has 0 radical (unpaired) electrons. The minimum Gasteiger partial charge on any atom is -0.505 e. The summed E-state index contributed by atoms with van der Waals surface area (Å²) in [6, 6.07) is 31.9. The second kappa shape index (κ2) is 13.5. The Morgan fingerprint density at radius 3 is 0.417 bits per heavy atom. The Bertz CT molecular complexity index is 2050. The molecular weight excluding hydrogens is 721 g/mol. The monoisotopic (exact) mass is 744 g/mol. The largest absolute Gasteiger partial charge is 0.505 e. The van der Waals surface area contributed by atoms with Crippen LogP contribution < -0.4 is 0 Å². The van der Waals surface area contributed by atoms with E-state index in [0.717, 1.165) is 0 Å². The van der Waals surface area contributed by atoms with Crippen LogP contribution in [0.2, 0.25) is 0 Å². The average Bonchev–Trinajstić information content (AvgIpc) is 3.07. The second-order valence-electron chi connectivity index (χ2n) is 10.2. The molecule has 0 aliphatic rings. The van der Waals surface area contributed by atoms with Gasteiger partial charge in [0.25, 0.3) is 0 Å². The van der Waals surface area contributed by atoms with Crippen LogP contribution in [0.3, 0.4) is 0 Å². The lowest BCUT2D eigenvalue weighted by Gasteiger charge is -2.02. The van der Waals surface area contributed by atoms with Gasteiger partial charge in [0.15, 0.2) is 0 Å². The van der Waals surface area contributed by atoms with Crippen LogP contribution in [0.1, 0.15) is 0 Å². The van der Waals surface area contributed by atoms with Gasteiger partial charge in [0.2, 0.25) is 0 Å². The molecule has 12 heteroatoms. The predicted octanol–water partition coefficient (Wildman–Crippen LogP) is 12.3. The molecule has 48 heavy (non-hydrogen) atoms. The van der Waals surface area contributed by atoms with Gasteiger partial charge in [-0.25, -0.2) is 0 Å². The summed E-state index contributed by atoms with van der Waals surface area (Å²) in [6.07, 6.45) is 0. The molecule has 0 amide bonds. The maximum Gasteiger partial charge on any atom is 0.149 e. The quantitative estimate of drug-likeness (QED) is 0.0919. The van der Waals surface area contributed by atoms with E-state index in [9.17, 15) is 30.6 Å². The molecule has 6 aromatic carbocycles. The maximum atomic E-state index is 11.3. The lowest BCUT2D eigenvalue weighted by molar-refractivity contribution is 0.487.